The first kappa shape index (κ1) is 19.3. The fraction of sp³-hybridized carbons (Fsp3) is 0.174. The molecule has 0 aliphatic heterocycles. The molecule has 1 amide bonds. The van der Waals surface area contributed by atoms with Gasteiger partial charge in [0.1, 0.15) is 0 Å². The average Bonchev–Trinajstić information content (AvgIpc) is 3.16. The lowest BCUT2D eigenvalue weighted by molar-refractivity contribution is 0.102. The minimum absolute atomic E-state index is 0.0454. The number of aromatic nitrogens is 4. The summed E-state index contributed by atoms with van der Waals surface area (Å²) in [5.74, 6) is 0.259. The van der Waals surface area contributed by atoms with E-state index < -0.39 is 0 Å². The normalized spacial score (nSPS) is 10.9. The van der Waals surface area contributed by atoms with Gasteiger partial charge in [-0.1, -0.05) is 19.9 Å². The van der Waals surface area contributed by atoms with E-state index in [4.69, 9.17) is 0 Å². The van der Waals surface area contributed by atoms with E-state index in [0.717, 1.165) is 22.2 Å². The summed E-state index contributed by atoms with van der Waals surface area (Å²) in [4.78, 5) is 21.7. The van der Waals surface area contributed by atoms with Gasteiger partial charge in [-0.25, -0.2) is 9.97 Å². The van der Waals surface area contributed by atoms with Gasteiger partial charge in [-0.3, -0.25) is 4.79 Å². The van der Waals surface area contributed by atoms with Gasteiger partial charge < -0.3 is 5.32 Å². The van der Waals surface area contributed by atoms with E-state index in [1.165, 1.54) is 0 Å². The lowest BCUT2D eigenvalue weighted by atomic mass is 9.92. The summed E-state index contributed by atoms with van der Waals surface area (Å²) in [5, 5.41) is 17.7. The van der Waals surface area contributed by atoms with Crippen LogP contribution in [-0.4, -0.2) is 25.7 Å². The number of nitriles is 1. The molecule has 2 heterocycles. The van der Waals surface area contributed by atoms with E-state index >= 15 is 0 Å². The van der Waals surface area contributed by atoms with Crippen LogP contribution in [0.1, 0.15) is 46.9 Å². The van der Waals surface area contributed by atoms with Gasteiger partial charge in [-0.05, 0) is 54.8 Å². The summed E-state index contributed by atoms with van der Waals surface area (Å²) >= 11 is 0. The van der Waals surface area contributed by atoms with Crippen LogP contribution in [-0.2, 0) is 0 Å². The fourth-order valence-corrected chi connectivity index (χ4v) is 3.47. The van der Waals surface area contributed by atoms with Crippen molar-refractivity contribution in [3.8, 4) is 12.0 Å². The van der Waals surface area contributed by atoms with Crippen molar-refractivity contribution < 1.29 is 4.79 Å². The number of rotatable bonds is 4. The first-order chi connectivity index (χ1) is 14.5. The Labute approximate surface area is 174 Å². The van der Waals surface area contributed by atoms with Crippen molar-refractivity contribution in [1.29, 1.82) is 5.26 Å². The predicted octanol–water partition coefficient (Wildman–Crippen LogP) is 4.37. The van der Waals surface area contributed by atoms with E-state index in [1.54, 1.807) is 35.3 Å². The molecule has 0 saturated heterocycles. The molecule has 0 fully saturated rings. The number of anilines is 1. The Kier molecular flexibility index (Phi) is 4.98. The van der Waals surface area contributed by atoms with Crippen LogP contribution >= 0.6 is 0 Å². The molecule has 0 unspecified atom stereocenters. The third-order valence-corrected chi connectivity index (χ3v) is 4.85. The van der Waals surface area contributed by atoms with Gasteiger partial charge in [0.05, 0.1) is 23.3 Å². The molecule has 0 aliphatic rings. The van der Waals surface area contributed by atoms with Crippen molar-refractivity contribution in [2.24, 2.45) is 0 Å². The van der Waals surface area contributed by atoms with Crippen molar-refractivity contribution in [1.82, 2.24) is 19.7 Å². The quantitative estimate of drug-likeness (QED) is 0.552. The highest BCUT2D eigenvalue weighted by Crippen LogP contribution is 2.26. The predicted molar refractivity (Wildman–Crippen MR) is 115 cm³/mol. The second-order valence-electron chi connectivity index (χ2n) is 7.32. The van der Waals surface area contributed by atoms with Gasteiger partial charge in [0.2, 0.25) is 0 Å². The topological polar surface area (TPSA) is 96.5 Å². The van der Waals surface area contributed by atoms with Crippen LogP contribution in [0, 0.1) is 18.3 Å². The molecule has 0 spiro atoms. The number of hydrogen-bond donors (Lipinski definition) is 1. The molecule has 7 heteroatoms. The van der Waals surface area contributed by atoms with Crippen LogP contribution in [0.4, 0.5) is 5.69 Å². The number of benzene rings is 2. The standard InChI is InChI=1S/C23H20N6O/c1-14(2)21-16(12-24)5-4-6-19(21)22(30)28-18-8-7-17-13-26-29(20(17)11-18)23-25-10-9-15(3)27-23/h4-11,13-14H,1-3H3,(H,28,30). The number of nitrogens with zero attached hydrogens (tertiary/aromatic N) is 5. The van der Waals surface area contributed by atoms with Crippen molar-refractivity contribution >= 4 is 22.5 Å². The molecule has 148 valence electrons. The molecule has 1 N–H and O–H groups in total. The smallest absolute Gasteiger partial charge is 0.255 e. The number of amides is 1. The van der Waals surface area contributed by atoms with Crippen molar-refractivity contribution in [3.05, 3.63) is 77.2 Å². The third-order valence-electron chi connectivity index (χ3n) is 4.85. The first-order valence-electron chi connectivity index (χ1n) is 9.60. The summed E-state index contributed by atoms with van der Waals surface area (Å²) in [6.07, 6.45) is 3.42. The van der Waals surface area contributed by atoms with E-state index in [2.05, 4.69) is 26.5 Å². The molecule has 2 aromatic carbocycles. The molecule has 2 aromatic heterocycles. The highest BCUT2D eigenvalue weighted by atomic mass is 16.1. The molecule has 0 radical (unpaired) electrons. The lowest BCUT2D eigenvalue weighted by Gasteiger charge is -2.14. The summed E-state index contributed by atoms with van der Waals surface area (Å²) in [6, 6.07) is 14.8. The van der Waals surface area contributed by atoms with Crippen LogP contribution < -0.4 is 5.32 Å². The summed E-state index contributed by atoms with van der Waals surface area (Å²) in [6.45, 7) is 5.84. The molecular formula is C23H20N6O. The summed E-state index contributed by atoms with van der Waals surface area (Å²) in [5.41, 5.74) is 4.01. The van der Waals surface area contributed by atoms with Gasteiger partial charge in [-0.2, -0.15) is 15.0 Å². The maximum Gasteiger partial charge on any atom is 0.255 e. The van der Waals surface area contributed by atoms with Crippen molar-refractivity contribution in [2.45, 2.75) is 26.7 Å². The molecule has 0 saturated carbocycles. The summed E-state index contributed by atoms with van der Waals surface area (Å²) in [7, 11) is 0. The molecule has 30 heavy (non-hydrogen) atoms. The van der Waals surface area contributed by atoms with Crippen LogP contribution in [0.2, 0.25) is 0 Å². The molecule has 4 aromatic rings. The molecule has 0 aliphatic carbocycles. The molecular weight excluding hydrogens is 376 g/mol. The fourth-order valence-electron chi connectivity index (χ4n) is 3.47. The SMILES string of the molecule is Cc1ccnc(-n2ncc3ccc(NC(=O)c4cccc(C#N)c4C(C)C)cc32)n1. The zero-order valence-corrected chi connectivity index (χ0v) is 16.9. The van der Waals surface area contributed by atoms with Gasteiger partial charge >= 0.3 is 0 Å². The Morgan fingerprint density at radius 3 is 2.77 bits per heavy atom. The van der Waals surface area contributed by atoms with Gasteiger partial charge in [-0.15, -0.1) is 0 Å². The number of fused-ring (bicyclic) bond motifs is 1. The van der Waals surface area contributed by atoms with Crippen molar-refractivity contribution in [3.63, 3.8) is 0 Å². The number of carbonyl (C=O) groups is 1. The maximum absolute atomic E-state index is 13.0. The molecule has 0 atom stereocenters. The molecule has 4 rings (SSSR count). The minimum Gasteiger partial charge on any atom is -0.322 e. The number of carbonyl (C=O) groups excluding carboxylic acids is 1. The molecule has 0 bridgehead atoms. The van der Waals surface area contributed by atoms with Crippen LogP contribution in [0.15, 0.2) is 54.9 Å². The minimum atomic E-state index is -0.256. The number of nitrogens with one attached hydrogen (secondary N) is 1. The third kappa shape index (κ3) is 3.51. The van der Waals surface area contributed by atoms with E-state index in [1.807, 2.05) is 45.0 Å². The maximum atomic E-state index is 13.0. The van der Waals surface area contributed by atoms with Gasteiger partial charge in [0, 0.05) is 28.5 Å². The lowest BCUT2D eigenvalue weighted by Crippen LogP contribution is -2.16. The monoisotopic (exact) mass is 396 g/mol. The largest absolute Gasteiger partial charge is 0.322 e. The Bertz CT molecular complexity index is 1300. The van der Waals surface area contributed by atoms with Crippen LogP contribution in [0.25, 0.3) is 16.9 Å². The Balaban J connectivity index is 1.71. The average molecular weight is 396 g/mol. The highest BCUT2D eigenvalue weighted by molar-refractivity contribution is 6.06. The number of hydrogen-bond acceptors (Lipinski definition) is 5. The van der Waals surface area contributed by atoms with E-state index in [9.17, 15) is 10.1 Å². The van der Waals surface area contributed by atoms with Crippen LogP contribution in [0.5, 0.6) is 0 Å². The summed E-state index contributed by atoms with van der Waals surface area (Å²) < 4.78 is 1.65. The van der Waals surface area contributed by atoms with Crippen molar-refractivity contribution in [2.75, 3.05) is 5.32 Å². The first-order valence-corrected chi connectivity index (χ1v) is 9.60. The number of aryl methyl sites for hydroxylation is 1. The van der Waals surface area contributed by atoms with E-state index in [0.29, 0.717) is 22.8 Å². The Morgan fingerprint density at radius 1 is 1.20 bits per heavy atom. The molecule has 7 nitrogen and oxygen atoms in total. The highest BCUT2D eigenvalue weighted by Gasteiger charge is 2.18. The van der Waals surface area contributed by atoms with Crippen LogP contribution in [0.3, 0.4) is 0 Å². The van der Waals surface area contributed by atoms with Gasteiger partial charge in [0.15, 0.2) is 0 Å². The Morgan fingerprint density at radius 2 is 2.03 bits per heavy atom. The van der Waals surface area contributed by atoms with Gasteiger partial charge in [0.25, 0.3) is 11.9 Å². The second kappa shape index (κ2) is 7.76. The van der Waals surface area contributed by atoms with E-state index in [-0.39, 0.29) is 11.8 Å². The zero-order chi connectivity index (χ0) is 21.3. The second-order valence-corrected chi connectivity index (χ2v) is 7.32. The zero-order valence-electron chi connectivity index (χ0n) is 16.9. The Hall–Kier alpha value is -4.05.